The molecule has 1 aliphatic rings. The van der Waals surface area contributed by atoms with Crippen molar-refractivity contribution in [3.05, 3.63) is 17.5 Å². The Hall–Kier alpha value is -0.830. The molecule has 0 unspecified atom stereocenters. The molecule has 1 N–H and O–H groups in total. The number of hydrogen-bond acceptors (Lipinski definition) is 2. The van der Waals surface area contributed by atoms with Gasteiger partial charge in [-0.1, -0.05) is 26.7 Å². The molecule has 1 aromatic heterocycles. The number of nitrogens with one attached hydrogen (secondary N) is 1. The third kappa shape index (κ3) is 3.56. The van der Waals surface area contributed by atoms with Gasteiger partial charge in [-0.25, -0.2) is 0 Å². The molecule has 1 heterocycles. The normalized spacial score (nSPS) is 17.2. The summed E-state index contributed by atoms with van der Waals surface area (Å²) >= 11 is 0. The van der Waals surface area contributed by atoms with E-state index in [0.29, 0.717) is 6.04 Å². The highest BCUT2D eigenvalue weighted by molar-refractivity contribution is 5.15. The van der Waals surface area contributed by atoms with Crippen molar-refractivity contribution in [1.29, 1.82) is 0 Å². The van der Waals surface area contributed by atoms with E-state index in [1.807, 2.05) is 0 Å². The van der Waals surface area contributed by atoms with Crippen LogP contribution in [-0.4, -0.2) is 15.8 Å². The number of aromatic nitrogens is 2. The molecule has 96 valence electrons. The van der Waals surface area contributed by atoms with Gasteiger partial charge in [0.25, 0.3) is 0 Å². The van der Waals surface area contributed by atoms with E-state index in [-0.39, 0.29) is 0 Å². The van der Waals surface area contributed by atoms with E-state index in [1.165, 1.54) is 36.9 Å². The quantitative estimate of drug-likeness (QED) is 0.850. The standard InChI is InChI=1S/C14H25N3/c1-11(2)15-8-14-10-17(16-12(14)3)9-13-6-4-5-7-13/h10-11,13,15H,4-9H2,1-3H3. The van der Waals surface area contributed by atoms with Gasteiger partial charge < -0.3 is 5.32 Å². The first kappa shape index (κ1) is 12.6. The molecule has 0 spiro atoms. The third-order valence-electron chi connectivity index (χ3n) is 3.67. The van der Waals surface area contributed by atoms with Gasteiger partial charge in [0, 0.05) is 30.9 Å². The lowest BCUT2D eigenvalue weighted by atomic mass is 10.1. The fourth-order valence-corrected chi connectivity index (χ4v) is 2.60. The van der Waals surface area contributed by atoms with Crippen LogP contribution in [0.5, 0.6) is 0 Å². The molecule has 0 atom stereocenters. The van der Waals surface area contributed by atoms with Crippen molar-refractivity contribution in [2.75, 3.05) is 0 Å². The van der Waals surface area contributed by atoms with Gasteiger partial charge in [-0.05, 0) is 25.7 Å². The Balaban J connectivity index is 1.92. The molecule has 1 saturated carbocycles. The van der Waals surface area contributed by atoms with E-state index in [2.05, 4.69) is 42.1 Å². The van der Waals surface area contributed by atoms with Gasteiger partial charge in [-0.2, -0.15) is 5.10 Å². The summed E-state index contributed by atoms with van der Waals surface area (Å²) in [4.78, 5) is 0. The van der Waals surface area contributed by atoms with Gasteiger partial charge in [0.2, 0.25) is 0 Å². The molecule has 0 aromatic carbocycles. The van der Waals surface area contributed by atoms with Crippen molar-refractivity contribution >= 4 is 0 Å². The molecule has 17 heavy (non-hydrogen) atoms. The zero-order valence-corrected chi connectivity index (χ0v) is 11.4. The summed E-state index contributed by atoms with van der Waals surface area (Å²) in [7, 11) is 0. The largest absolute Gasteiger partial charge is 0.310 e. The summed E-state index contributed by atoms with van der Waals surface area (Å²) in [5.41, 5.74) is 2.52. The predicted octanol–water partition coefficient (Wildman–Crippen LogP) is 2.88. The molecule has 3 nitrogen and oxygen atoms in total. The SMILES string of the molecule is Cc1nn(CC2CCCC2)cc1CNC(C)C. The van der Waals surface area contributed by atoms with Crippen LogP contribution in [-0.2, 0) is 13.1 Å². The number of rotatable bonds is 5. The first-order chi connectivity index (χ1) is 8.15. The minimum absolute atomic E-state index is 0.535. The molecule has 0 bridgehead atoms. The summed E-state index contributed by atoms with van der Waals surface area (Å²) in [5.74, 6) is 0.861. The highest BCUT2D eigenvalue weighted by atomic mass is 15.3. The average molecular weight is 235 g/mol. The lowest BCUT2D eigenvalue weighted by molar-refractivity contribution is 0.427. The molecule has 1 aromatic rings. The molecule has 0 radical (unpaired) electrons. The van der Waals surface area contributed by atoms with Crippen LogP contribution in [0.1, 0.15) is 50.8 Å². The maximum Gasteiger partial charge on any atom is 0.0638 e. The lowest BCUT2D eigenvalue weighted by Gasteiger charge is -2.08. The van der Waals surface area contributed by atoms with E-state index in [4.69, 9.17) is 0 Å². The van der Waals surface area contributed by atoms with Crippen molar-refractivity contribution in [2.24, 2.45) is 5.92 Å². The predicted molar refractivity (Wildman–Crippen MR) is 70.9 cm³/mol. The Bertz CT molecular complexity index is 348. The molecule has 0 amide bonds. The second-order valence-electron chi connectivity index (χ2n) is 5.65. The van der Waals surface area contributed by atoms with E-state index in [1.54, 1.807) is 0 Å². The minimum Gasteiger partial charge on any atom is -0.310 e. The Morgan fingerprint density at radius 2 is 2.12 bits per heavy atom. The van der Waals surface area contributed by atoms with E-state index in [0.717, 1.165) is 19.0 Å². The Labute approximate surface area is 105 Å². The van der Waals surface area contributed by atoms with Crippen LogP contribution in [0.2, 0.25) is 0 Å². The van der Waals surface area contributed by atoms with Crippen LogP contribution in [0, 0.1) is 12.8 Å². The smallest absolute Gasteiger partial charge is 0.0638 e. The summed E-state index contributed by atoms with van der Waals surface area (Å²) in [5, 5.41) is 8.08. The summed E-state index contributed by atoms with van der Waals surface area (Å²) < 4.78 is 2.16. The summed E-state index contributed by atoms with van der Waals surface area (Å²) in [6.07, 6.45) is 7.82. The second kappa shape index (κ2) is 5.67. The number of nitrogens with zero attached hydrogens (tertiary/aromatic N) is 2. The van der Waals surface area contributed by atoms with Crippen LogP contribution in [0.3, 0.4) is 0 Å². The van der Waals surface area contributed by atoms with Crippen LogP contribution in [0.4, 0.5) is 0 Å². The minimum atomic E-state index is 0.535. The van der Waals surface area contributed by atoms with E-state index < -0.39 is 0 Å². The average Bonchev–Trinajstić information content (AvgIpc) is 2.86. The molecule has 0 aliphatic heterocycles. The van der Waals surface area contributed by atoms with Crippen LogP contribution in [0.25, 0.3) is 0 Å². The van der Waals surface area contributed by atoms with Crippen molar-refractivity contribution in [1.82, 2.24) is 15.1 Å². The highest BCUT2D eigenvalue weighted by Crippen LogP contribution is 2.26. The first-order valence-electron chi connectivity index (χ1n) is 6.91. The maximum absolute atomic E-state index is 4.63. The molecular weight excluding hydrogens is 210 g/mol. The van der Waals surface area contributed by atoms with Crippen LogP contribution < -0.4 is 5.32 Å². The van der Waals surface area contributed by atoms with Crippen molar-refractivity contribution in [2.45, 2.75) is 65.6 Å². The second-order valence-corrected chi connectivity index (χ2v) is 5.65. The highest BCUT2D eigenvalue weighted by Gasteiger charge is 2.16. The number of hydrogen-bond donors (Lipinski definition) is 1. The topological polar surface area (TPSA) is 29.9 Å². The summed E-state index contributed by atoms with van der Waals surface area (Å²) in [6, 6.07) is 0.535. The Morgan fingerprint density at radius 3 is 2.76 bits per heavy atom. The molecule has 2 rings (SSSR count). The first-order valence-corrected chi connectivity index (χ1v) is 6.91. The molecule has 3 heteroatoms. The maximum atomic E-state index is 4.63. The fraction of sp³-hybridized carbons (Fsp3) is 0.786. The Morgan fingerprint density at radius 1 is 1.41 bits per heavy atom. The number of aryl methyl sites for hydroxylation is 1. The van der Waals surface area contributed by atoms with E-state index in [9.17, 15) is 0 Å². The van der Waals surface area contributed by atoms with Crippen LogP contribution >= 0.6 is 0 Å². The van der Waals surface area contributed by atoms with E-state index >= 15 is 0 Å². The fourth-order valence-electron chi connectivity index (χ4n) is 2.60. The van der Waals surface area contributed by atoms with Gasteiger partial charge in [0.1, 0.15) is 0 Å². The van der Waals surface area contributed by atoms with Gasteiger partial charge in [-0.3, -0.25) is 4.68 Å². The van der Waals surface area contributed by atoms with Crippen molar-refractivity contribution in [3.8, 4) is 0 Å². The van der Waals surface area contributed by atoms with Gasteiger partial charge in [0.15, 0.2) is 0 Å². The van der Waals surface area contributed by atoms with Crippen LogP contribution in [0.15, 0.2) is 6.20 Å². The molecule has 1 aliphatic carbocycles. The monoisotopic (exact) mass is 235 g/mol. The van der Waals surface area contributed by atoms with Gasteiger partial charge >= 0.3 is 0 Å². The van der Waals surface area contributed by atoms with Gasteiger partial charge in [-0.15, -0.1) is 0 Å². The van der Waals surface area contributed by atoms with Crippen molar-refractivity contribution in [3.63, 3.8) is 0 Å². The van der Waals surface area contributed by atoms with Gasteiger partial charge in [0.05, 0.1) is 5.69 Å². The molecule has 0 saturated heterocycles. The zero-order chi connectivity index (χ0) is 12.3. The zero-order valence-electron chi connectivity index (χ0n) is 11.4. The van der Waals surface area contributed by atoms with Crippen molar-refractivity contribution < 1.29 is 0 Å². The Kier molecular flexibility index (Phi) is 4.21. The molecular formula is C14H25N3. The third-order valence-corrected chi connectivity index (χ3v) is 3.67. The lowest BCUT2D eigenvalue weighted by Crippen LogP contribution is -2.21. The summed E-state index contributed by atoms with van der Waals surface area (Å²) in [6.45, 7) is 8.52. The molecule has 1 fully saturated rings.